The van der Waals surface area contributed by atoms with Crippen LogP contribution in [0.3, 0.4) is 0 Å². The van der Waals surface area contributed by atoms with E-state index in [0.717, 1.165) is 0 Å². The average molecular weight is 366 g/mol. The zero-order valence-corrected chi connectivity index (χ0v) is 14.9. The number of hydrogen-bond donors (Lipinski definition) is 4. The predicted octanol–water partition coefficient (Wildman–Crippen LogP) is 3.41. The van der Waals surface area contributed by atoms with Gasteiger partial charge in [0.2, 0.25) is 0 Å². The van der Waals surface area contributed by atoms with Crippen molar-refractivity contribution < 1.29 is 19.8 Å². The second kappa shape index (κ2) is 9.94. The maximum absolute atomic E-state index is 10.9. The van der Waals surface area contributed by atoms with Gasteiger partial charge in [-0.15, -0.1) is 0 Å². The Hall–Kier alpha value is -3.38. The lowest BCUT2D eigenvalue weighted by Crippen LogP contribution is -2.49. The molecule has 27 heavy (non-hydrogen) atoms. The van der Waals surface area contributed by atoms with Gasteiger partial charge in [-0.25, -0.2) is 4.79 Å². The zero-order chi connectivity index (χ0) is 19.6. The van der Waals surface area contributed by atoms with Crippen LogP contribution in [0.25, 0.3) is 10.8 Å². The van der Waals surface area contributed by atoms with Crippen LogP contribution in [0.15, 0.2) is 78.9 Å². The Morgan fingerprint density at radius 2 is 1.19 bits per heavy atom. The molecule has 0 fully saturated rings. The van der Waals surface area contributed by atoms with Gasteiger partial charge in [-0.1, -0.05) is 66.7 Å². The summed E-state index contributed by atoms with van der Waals surface area (Å²) in [5.74, 6) is -2.27. The van der Waals surface area contributed by atoms with Crippen LogP contribution >= 0.6 is 0 Å². The van der Waals surface area contributed by atoms with E-state index in [4.69, 9.17) is 10.2 Å². The lowest BCUT2D eigenvalue weighted by atomic mass is 10.1. The normalized spacial score (nSPS) is 12.3. The molecule has 0 amide bonds. The molecule has 2 atom stereocenters. The molecule has 0 radical (unpaired) electrons. The Morgan fingerprint density at radius 1 is 0.741 bits per heavy atom. The molecule has 4 N–H and O–H groups in total. The quantitative estimate of drug-likeness (QED) is 0.499. The molecule has 0 aliphatic carbocycles. The molecule has 6 heteroatoms. The highest BCUT2D eigenvalue weighted by molar-refractivity contribution is 5.82. The van der Waals surface area contributed by atoms with Gasteiger partial charge in [0.25, 0.3) is 0 Å². The van der Waals surface area contributed by atoms with Crippen LogP contribution in [-0.4, -0.2) is 34.4 Å². The number of rotatable bonds is 6. The number of carboxylic acid groups (broad SMARTS) is 2. The van der Waals surface area contributed by atoms with Gasteiger partial charge in [-0.05, 0) is 29.8 Å². The highest BCUT2D eigenvalue weighted by atomic mass is 16.4. The van der Waals surface area contributed by atoms with E-state index in [1.165, 1.54) is 17.7 Å². The number of carbonyl (C=O) groups is 2. The number of benzene rings is 3. The Balaban J connectivity index is 0.000000219. The summed E-state index contributed by atoms with van der Waals surface area (Å²) >= 11 is 0. The van der Waals surface area contributed by atoms with Crippen molar-refractivity contribution in [3.8, 4) is 0 Å². The van der Waals surface area contributed by atoms with E-state index in [2.05, 4.69) is 59.2 Å². The van der Waals surface area contributed by atoms with Crippen molar-refractivity contribution >= 4 is 28.4 Å². The number of carboxylic acids is 2. The molecular formula is C21H22N2O4. The number of aliphatic carboxylic acids is 2. The summed E-state index contributed by atoms with van der Waals surface area (Å²) < 4.78 is 0. The van der Waals surface area contributed by atoms with Gasteiger partial charge in [0.05, 0.1) is 0 Å². The number of hydrogen-bond acceptors (Lipinski definition) is 4. The largest absolute Gasteiger partial charge is 0.480 e. The van der Waals surface area contributed by atoms with Crippen LogP contribution in [0.4, 0.5) is 5.69 Å². The van der Waals surface area contributed by atoms with Crippen molar-refractivity contribution in [2.24, 2.45) is 0 Å². The van der Waals surface area contributed by atoms with Gasteiger partial charge >= 0.3 is 11.9 Å². The third-order valence-electron chi connectivity index (χ3n) is 3.78. The molecule has 0 saturated heterocycles. The van der Waals surface area contributed by atoms with Gasteiger partial charge in [-0.2, -0.15) is 0 Å². The topological polar surface area (TPSA) is 98.7 Å². The standard InChI is InChI=1S/C11H14N2O4.C10H8/c1-7(10(14)15)12-9(11(16)17)13-8-5-3-2-4-6-8;1-2-6-10-8-4-3-7-9(10)5-1/h2-7,9,12-13H,1H3,(H,14,15)(H,16,17);1-8H. The third kappa shape index (κ3) is 6.45. The van der Waals surface area contributed by atoms with E-state index >= 15 is 0 Å². The molecular weight excluding hydrogens is 344 g/mol. The molecule has 0 spiro atoms. The first-order chi connectivity index (χ1) is 13.0. The summed E-state index contributed by atoms with van der Waals surface area (Å²) in [7, 11) is 0. The maximum Gasteiger partial charge on any atom is 0.341 e. The second-order valence-electron chi connectivity index (χ2n) is 5.86. The summed E-state index contributed by atoms with van der Waals surface area (Å²) in [5.41, 5.74) is 0.602. The second-order valence-corrected chi connectivity index (χ2v) is 5.86. The van der Waals surface area contributed by atoms with Crippen LogP contribution in [0.1, 0.15) is 6.92 Å². The van der Waals surface area contributed by atoms with E-state index < -0.39 is 24.1 Å². The lowest BCUT2D eigenvalue weighted by Gasteiger charge is -2.19. The summed E-state index contributed by atoms with van der Waals surface area (Å²) in [6.07, 6.45) is -1.15. The van der Waals surface area contributed by atoms with E-state index in [-0.39, 0.29) is 0 Å². The maximum atomic E-state index is 10.9. The fourth-order valence-corrected chi connectivity index (χ4v) is 2.33. The molecule has 0 aliphatic heterocycles. The molecule has 0 aromatic heterocycles. The number of para-hydroxylation sites is 1. The lowest BCUT2D eigenvalue weighted by molar-refractivity contribution is -0.141. The zero-order valence-electron chi connectivity index (χ0n) is 14.9. The van der Waals surface area contributed by atoms with Crippen LogP contribution in [0, 0.1) is 0 Å². The fraction of sp³-hybridized carbons (Fsp3) is 0.143. The first-order valence-electron chi connectivity index (χ1n) is 8.44. The first-order valence-corrected chi connectivity index (χ1v) is 8.44. The molecule has 0 saturated carbocycles. The van der Waals surface area contributed by atoms with Crippen LogP contribution in [0.2, 0.25) is 0 Å². The summed E-state index contributed by atoms with van der Waals surface area (Å²) in [5, 5.41) is 25.4. The van der Waals surface area contributed by atoms with Crippen LogP contribution in [0.5, 0.6) is 0 Å². The van der Waals surface area contributed by atoms with Gasteiger partial charge in [0, 0.05) is 5.69 Å². The van der Waals surface area contributed by atoms with E-state index in [9.17, 15) is 9.59 Å². The van der Waals surface area contributed by atoms with Crippen LogP contribution in [-0.2, 0) is 9.59 Å². The van der Waals surface area contributed by atoms with Crippen molar-refractivity contribution in [3.63, 3.8) is 0 Å². The van der Waals surface area contributed by atoms with Crippen molar-refractivity contribution in [1.82, 2.24) is 5.32 Å². The third-order valence-corrected chi connectivity index (χ3v) is 3.78. The van der Waals surface area contributed by atoms with Crippen LogP contribution < -0.4 is 10.6 Å². The van der Waals surface area contributed by atoms with Crippen molar-refractivity contribution in [1.29, 1.82) is 0 Å². The van der Waals surface area contributed by atoms with Gasteiger partial charge in [0.1, 0.15) is 6.04 Å². The average Bonchev–Trinajstić information content (AvgIpc) is 2.68. The minimum Gasteiger partial charge on any atom is -0.480 e. The molecule has 0 bridgehead atoms. The van der Waals surface area contributed by atoms with E-state index in [1.54, 1.807) is 30.3 Å². The molecule has 0 heterocycles. The monoisotopic (exact) mass is 366 g/mol. The van der Waals surface area contributed by atoms with E-state index in [1.807, 2.05) is 0 Å². The fourth-order valence-electron chi connectivity index (χ4n) is 2.33. The first kappa shape index (κ1) is 19.9. The molecule has 6 nitrogen and oxygen atoms in total. The highest BCUT2D eigenvalue weighted by Crippen LogP contribution is 2.11. The molecule has 3 aromatic carbocycles. The molecule has 2 unspecified atom stereocenters. The molecule has 140 valence electrons. The summed E-state index contributed by atoms with van der Waals surface area (Å²) in [6.45, 7) is 1.38. The number of fused-ring (bicyclic) bond motifs is 1. The minimum absolute atomic E-state index is 0.602. The highest BCUT2D eigenvalue weighted by Gasteiger charge is 2.22. The van der Waals surface area contributed by atoms with E-state index in [0.29, 0.717) is 5.69 Å². The van der Waals surface area contributed by atoms with Gasteiger partial charge in [-0.3, -0.25) is 10.1 Å². The minimum atomic E-state index is -1.16. The Morgan fingerprint density at radius 3 is 1.59 bits per heavy atom. The Bertz CT molecular complexity index is 818. The molecule has 3 aromatic rings. The van der Waals surface area contributed by atoms with Crippen molar-refractivity contribution in [3.05, 3.63) is 78.9 Å². The predicted molar refractivity (Wildman–Crippen MR) is 106 cm³/mol. The SMILES string of the molecule is CC(NC(Nc1ccccc1)C(=O)O)C(=O)O.c1ccc2ccccc2c1. The Labute approximate surface area is 157 Å². The molecule has 3 rings (SSSR count). The summed E-state index contributed by atoms with van der Waals surface area (Å²) in [4.78, 5) is 21.6. The summed E-state index contributed by atoms with van der Waals surface area (Å²) in [6, 6.07) is 24.5. The Kier molecular flexibility index (Phi) is 7.34. The number of anilines is 1. The number of nitrogens with one attached hydrogen (secondary N) is 2. The smallest absolute Gasteiger partial charge is 0.341 e. The van der Waals surface area contributed by atoms with Gasteiger partial charge in [0.15, 0.2) is 6.17 Å². The van der Waals surface area contributed by atoms with Crippen molar-refractivity contribution in [2.45, 2.75) is 19.1 Å². The molecule has 0 aliphatic rings. The van der Waals surface area contributed by atoms with Gasteiger partial charge < -0.3 is 15.5 Å². The van der Waals surface area contributed by atoms with Crippen molar-refractivity contribution in [2.75, 3.05) is 5.32 Å².